The first-order valence-corrected chi connectivity index (χ1v) is 10.9. The van der Waals surface area contributed by atoms with Gasteiger partial charge < -0.3 is 5.32 Å². The van der Waals surface area contributed by atoms with Crippen LogP contribution in [0.5, 0.6) is 0 Å². The minimum absolute atomic E-state index is 0.314. The number of amidine groups is 1. The van der Waals surface area contributed by atoms with Gasteiger partial charge in [-0.2, -0.15) is 8.42 Å². The van der Waals surface area contributed by atoms with Gasteiger partial charge in [-0.15, -0.1) is 4.40 Å². The average Bonchev–Trinajstić information content (AvgIpc) is 2.64. The van der Waals surface area contributed by atoms with Gasteiger partial charge in [-0.05, 0) is 48.2 Å². The SMILES string of the molecule is Cc1cc(C)c(NC2=NS(=O)(=O)NC(Cc3cccc4ccccc34)=C2)c(C)c1. The molecule has 1 aliphatic heterocycles. The molecule has 1 heterocycles. The third-order valence-electron chi connectivity index (χ3n) is 4.98. The zero-order valence-electron chi connectivity index (χ0n) is 16.7. The summed E-state index contributed by atoms with van der Waals surface area (Å²) in [7, 11) is -3.80. The lowest BCUT2D eigenvalue weighted by molar-refractivity contribution is 0.589. The van der Waals surface area contributed by atoms with Crippen LogP contribution in [-0.4, -0.2) is 14.3 Å². The lowest BCUT2D eigenvalue weighted by Crippen LogP contribution is -2.30. The van der Waals surface area contributed by atoms with Crippen molar-refractivity contribution in [1.82, 2.24) is 4.72 Å². The largest absolute Gasteiger partial charge is 0.343 e. The van der Waals surface area contributed by atoms with Crippen molar-refractivity contribution in [2.24, 2.45) is 4.40 Å². The number of nitrogens with one attached hydrogen (secondary N) is 2. The Morgan fingerprint density at radius 1 is 0.966 bits per heavy atom. The summed E-state index contributed by atoms with van der Waals surface area (Å²) in [5, 5.41) is 5.44. The number of aryl methyl sites for hydroxylation is 3. The maximum absolute atomic E-state index is 12.4. The lowest BCUT2D eigenvalue weighted by atomic mass is 10.0. The summed E-state index contributed by atoms with van der Waals surface area (Å²) in [6, 6.07) is 18.3. The summed E-state index contributed by atoms with van der Waals surface area (Å²) < 4.78 is 31.1. The average molecular weight is 406 g/mol. The van der Waals surface area contributed by atoms with E-state index in [-0.39, 0.29) is 0 Å². The molecule has 6 heteroatoms. The van der Waals surface area contributed by atoms with E-state index in [1.54, 1.807) is 6.08 Å². The zero-order valence-corrected chi connectivity index (χ0v) is 17.5. The third-order valence-corrected chi connectivity index (χ3v) is 5.94. The minimum Gasteiger partial charge on any atom is -0.339 e. The van der Waals surface area contributed by atoms with Crippen molar-refractivity contribution in [2.75, 3.05) is 5.32 Å². The maximum Gasteiger partial charge on any atom is 0.343 e. The van der Waals surface area contributed by atoms with Gasteiger partial charge in [0.25, 0.3) is 0 Å². The topological polar surface area (TPSA) is 70.6 Å². The number of allylic oxidation sites excluding steroid dienone is 1. The van der Waals surface area contributed by atoms with Gasteiger partial charge >= 0.3 is 10.2 Å². The smallest absolute Gasteiger partial charge is 0.339 e. The summed E-state index contributed by atoms with van der Waals surface area (Å²) in [5.74, 6) is 0.314. The summed E-state index contributed by atoms with van der Waals surface area (Å²) in [6.45, 7) is 6.04. The summed E-state index contributed by atoms with van der Waals surface area (Å²) in [6.07, 6.45) is 2.23. The molecule has 1 aliphatic rings. The fraction of sp³-hybridized carbons (Fsp3) is 0.174. The highest BCUT2D eigenvalue weighted by Crippen LogP contribution is 2.24. The van der Waals surface area contributed by atoms with Crippen LogP contribution in [0, 0.1) is 20.8 Å². The molecule has 0 bridgehead atoms. The number of hydrogen-bond acceptors (Lipinski definition) is 3. The summed E-state index contributed by atoms with van der Waals surface area (Å²) in [5.41, 5.74) is 5.78. The van der Waals surface area contributed by atoms with Crippen LogP contribution in [0.1, 0.15) is 22.3 Å². The normalized spacial score (nSPS) is 15.4. The van der Waals surface area contributed by atoms with E-state index in [4.69, 9.17) is 0 Å². The van der Waals surface area contributed by atoms with Crippen molar-refractivity contribution in [2.45, 2.75) is 27.2 Å². The molecular formula is C23H23N3O2S. The van der Waals surface area contributed by atoms with Crippen LogP contribution in [0.3, 0.4) is 0 Å². The molecule has 3 aromatic rings. The fourth-order valence-electron chi connectivity index (χ4n) is 3.84. The Labute approximate surface area is 171 Å². The highest BCUT2D eigenvalue weighted by molar-refractivity contribution is 7.88. The molecule has 0 saturated heterocycles. The number of hydrogen-bond donors (Lipinski definition) is 2. The molecule has 4 rings (SSSR count). The van der Waals surface area contributed by atoms with Crippen molar-refractivity contribution >= 4 is 32.5 Å². The quantitative estimate of drug-likeness (QED) is 0.672. The van der Waals surface area contributed by atoms with Gasteiger partial charge in [0.05, 0.1) is 0 Å². The minimum atomic E-state index is -3.80. The van der Waals surface area contributed by atoms with Gasteiger partial charge in [0.15, 0.2) is 0 Å². The van der Waals surface area contributed by atoms with E-state index >= 15 is 0 Å². The van der Waals surface area contributed by atoms with Gasteiger partial charge in [0, 0.05) is 23.9 Å². The Balaban J connectivity index is 1.68. The molecule has 2 N–H and O–H groups in total. The molecule has 0 fully saturated rings. The second kappa shape index (κ2) is 7.37. The van der Waals surface area contributed by atoms with Crippen LogP contribution in [0.15, 0.2) is 70.8 Å². The Kier molecular flexibility index (Phi) is 4.88. The van der Waals surface area contributed by atoms with E-state index in [0.717, 1.165) is 38.7 Å². The molecule has 29 heavy (non-hydrogen) atoms. The Morgan fingerprint density at radius 3 is 2.41 bits per heavy atom. The van der Waals surface area contributed by atoms with Gasteiger partial charge in [-0.25, -0.2) is 0 Å². The van der Waals surface area contributed by atoms with Gasteiger partial charge in [0.2, 0.25) is 0 Å². The van der Waals surface area contributed by atoms with Gasteiger partial charge in [-0.3, -0.25) is 4.72 Å². The van der Waals surface area contributed by atoms with Crippen LogP contribution in [-0.2, 0) is 16.6 Å². The van der Waals surface area contributed by atoms with E-state index in [0.29, 0.717) is 18.0 Å². The number of anilines is 1. The number of rotatable bonds is 3. The molecule has 0 saturated carbocycles. The monoisotopic (exact) mass is 405 g/mol. The van der Waals surface area contributed by atoms with Crippen LogP contribution in [0.4, 0.5) is 5.69 Å². The Hall–Kier alpha value is -3.12. The van der Waals surface area contributed by atoms with Crippen LogP contribution >= 0.6 is 0 Å². The Bertz CT molecular complexity index is 1250. The molecule has 0 aromatic heterocycles. The Morgan fingerprint density at radius 2 is 1.66 bits per heavy atom. The van der Waals surface area contributed by atoms with E-state index in [2.05, 4.69) is 44.8 Å². The van der Waals surface area contributed by atoms with E-state index < -0.39 is 10.2 Å². The highest BCUT2D eigenvalue weighted by Gasteiger charge is 2.20. The van der Waals surface area contributed by atoms with Gasteiger partial charge in [-0.1, -0.05) is 60.2 Å². The van der Waals surface area contributed by atoms with Crippen molar-refractivity contribution in [3.8, 4) is 0 Å². The molecule has 0 unspecified atom stereocenters. The van der Waals surface area contributed by atoms with E-state index in [9.17, 15) is 8.42 Å². The fourth-order valence-corrected chi connectivity index (χ4v) is 4.71. The van der Waals surface area contributed by atoms with Crippen molar-refractivity contribution in [1.29, 1.82) is 0 Å². The van der Waals surface area contributed by atoms with Crippen molar-refractivity contribution < 1.29 is 8.42 Å². The molecule has 0 spiro atoms. The molecule has 3 aromatic carbocycles. The van der Waals surface area contributed by atoms with Crippen LogP contribution in [0.2, 0.25) is 0 Å². The molecule has 5 nitrogen and oxygen atoms in total. The highest BCUT2D eigenvalue weighted by atomic mass is 32.2. The number of nitrogens with zero attached hydrogens (tertiary/aromatic N) is 1. The first-order chi connectivity index (χ1) is 13.8. The number of fused-ring (bicyclic) bond motifs is 1. The van der Waals surface area contributed by atoms with Crippen molar-refractivity contribution in [3.05, 3.63) is 88.6 Å². The third kappa shape index (κ3) is 4.17. The predicted molar refractivity (Wildman–Crippen MR) is 120 cm³/mol. The van der Waals surface area contributed by atoms with E-state index in [1.807, 2.05) is 45.0 Å². The predicted octanol–water partition coefficient (Wildman–Crippen LogP) is 4.55. The molecular weight excluding hydrogens is 382 g/mol. The molecule has 0 aliphatic carbocycles. The van der Waals surface area contributed by atoms with Crippen molar-refractivity contribution in [3.63, 3.8) is 0 Å². The first kappa shape index (κ1) is 19.2. The molecule has 148 valence electrons. The second-order valence-corrected chi connectivity index (χ2v) is 8.77. The first-order valence-electron chi connectivity index (χ1n) is 9.45. The maximum atomic E-state index is 12.4. The standard InChI is InChI=1S/C23H23N3O2S/c1-15-11-16(2)23(17(3)12-15)24-22-14-20(25-29(27,28)26-22)13-19-9-6-8-18-7-4-5-10-21(18)19/h4-12,14,25H,13H2,1-3H3,(H,24,26). The van der Waals surface area contributed by atoms with Crippen LogP contribution in [0.25, 0.3) is 10.8 Å². The lowest BCUT2D eigenvalue weighted by Gasteiger charge is -2.19. The zero-order chi connectivity index (χ0) is 20.6. The van der Waals surface area contributed by atoms with E-state index in [1.165, 1.54) is 0 Å². The molecule has 0 radical (unpaired) electrons. The molecule has 0 atom stereocenters. The summed E-state index contributed by atoms with van der Waals surface area (Å²) in [4.78, 5) is 0. The summed E-state index contributed by atoms with van der Waals surface area (Å²) >= 11 is 0. The van der Waals surface area contributed by atoms with Crippen LogP contribution < -0.4 is 10.0 Å². The van der Waals surface area contributed by atoms with Gasteiger partial charge in [0.1, 0.15) is 5.84 Å². The molecule has 0 amide bonds. The second-order valence-electron chi connectivity index (χ2n) is 7.44. The number of benzene rings is 3.